The highest BCUT2D eigenvalue weighted by molar-refractivity contribution is 5.92. The number of nitrogens with one attached hydrogen (secondary N) is 2. The second-order valence-electron chi connectivity index (χ2n) is 5.94. The highest BCUT2D eigenvalue weighted by Gasteiger charge is 2.22. The molecule has 2 aromatic rings. The van der Waals surface area contributed by atoms with Gasteiger partial charge in [-0.3, -0.25) is 14.8 Å². The Hall–Kier alpha value is -2.66. The van der Waals surface area contributed by atoms with Crippen LogP contribution in [0.5, 0.6) is 0 Å². The summed E-state index contributed by atoms with van der Waals surface area (Å²) < 4.78 is 0. The number of carbonyl (C=O) groups is 2. The summed E-state index contributed by atoms with van der Waals surface area (Å²) in [6.07, 6.45) is 1.60. The third-order valence-corrected chi connectivity index (χ3v) is 4.37. The minimum atomic E-state index is -0.616. The predicted molar refractivity (Wildman–Crippen MR) is 97.4 cm³/mol. The number of hydroxylamine groups is 1. The summed E-state index contributed by atoms with van der Waals surface area (Å²) in [5.74, 6) is -1.11. The van der Waals surface area contributed by atoms with Gasteiger partial charge >= 0.3 is 0 Å². The molecule has 0 heterocycles. The molecule has 0 saturated carbocycles. The molecule has 1 unspecified atom stereocenters. The van der Waals surface area contributed by atoms with Crippen molar-refractivity contribution in [2.24, 2.45) is 5.92 Å². The van der Waals surface area contributed by atoms with Crippen molar-refractivity contribution >= 4 is 17.5 Å². The van der Waals surface area contributed by atoms with Gasteiger partial charge in [-0.15, -0.1) is 0 Å². The van der Waals surface area contributed by atoms with E-state index in [2.05, 4.69) is 5.32 Å². The van der Waals surface area contributed by atoms with E-state index in [1.165, 1.54) is 0 Å². The van der Waals surface area contributed by atoms with Gasteiger partial charge in [0, 0.05) is 11.6 Å². The summed E-state index contributed by atoms with van der Waals surface area (Å²) in [7, 11) is 0. The molecule has 0 aliphatic carbocycles. The summed E-state index contributed by atoms with van der Waals surface area (Å²) in [5.41, 5.74) is 3.94. The lowest BCUT2D eigenvalue weighted by Gasteiger charge is -2.17. The molecule has 5 heteroatoms. The third-order valence-electron chi connectivity index (χ3n) is 4.37. The molecule has 3 N–H and O–H groups in total. The van der Waals surface area contributed by atoms with E-state index in [1.54, 1.807) is 29.7 Å². The van der Waals surface area contributed by atoms with Crippen LogP contribution in [-0.2, 0) is 9.59 Å². The zero-order valence-corrected chi connectivity index (χ0v) is 14.5. The van der Waals surface area contributed by atoms with E-state index in [0.717, 1.165) is 24.0 Å². The number of hydrogen-bond donors (Lipinski definition) is 3. The highest BCUT2D eigenvalue weighted by Crippen LogP contribution is 2.26. The first-order chi connectivity index (χ1) is 12.1. The van der Waals surface area contributed by atoms with Crippen LogP contribution in [0.4, 0.5) is 5.69 Å². The highest BCUT2D eigenvalue weighted by atomic mass is 16.5. The molecule has 2 rings (SSSR count). The second-order valence-corrected chi connectivity index (χ2v) is 5.94. The molecule has 2 amide bonds. The Kier molecular flexibility index (Phi) is 6.71. The molecule has 132 valence electrons. The average molecular weight is 340 g/mol. The lowest BCUT2D eigenvalue weighted by Crippen LogP contribution is -2.27. The van der Waals surface area contributed by atoms with Crippen LogP contribution in [-0.4, -0.2) is 17.0 Å². The van der Waals surface area contributed by atoms with Crippen LogP contribution in [0, 0.1) is 5.92 Å². The largest absolute Gasteiger partial charge is 0.326 e. The quantitative estimate of drug-likeness (QED) is 0.531. The first kappa shape index (κ1) is 18.7. The SMILES string of the molecule is CCC(CC)C(=O)Nc1ccc(C(C(=O)NO)c2ccccc2)cc1. The molecule has 0 radical (unpaired) electrons. The molecule has 0 saturated heterocycles. The molecule has 0 spiro atoms. The molecule has 0 aliphatic rings. The van der Waals surface area contributed by atoms with Crippen LogP contribution in [0.25, 0.3) is 0 Å². The Labute approximate surface area is 148 Å². The van der Waals surface area contributed by atoms with Crippen LogP contribution in [0.15, 0.2) is 54.6 Å². The molecule has 5 nitrogen and oxygen atoms in total. The number of amides is 2. The molecular formula is C20H24N2O3. The lowest BCUT2D eigenvalue weighted by molar-refractivity contribution is -0.129. The fourth-order valence-electron chi connectivity index (χ4n) is 2.87. The van der Waals surface area contributed by atoms with Crippen LogP contribution < -0.4 is 10.8 Å². The Bertz CT molecular complexity index is 695. The van der Waals surface area contributed by atoms with E-state index in [0.29, 0.717) is 5.69 Å². The molecule has 0 aliphatic heterocycles. The van der Waals surface area contributed by atoms with E-state index in [1.807, 2.05) is 44.2 Å². The first-order valence-electron chi connectivity index (χ1n) is 8.50. The Balaban J connectivity index is 2.21. The maximum Gasteiger partial charge on any atom is 0.255 e. The minimum absolute atomic E-state index is 0.00286. The molecule has 0 bridgehead atoms. The van der Waals surface area contributed by atoms with E-state index in [4.69, 9.17) is 5.21 Å². The summed E-state index contributed by atoms with van der Waals surface area (Å²) in [6.45, 7) is 3.99. The van der Waals surface area contributed by atoms with Crippen molar-refractivity contribution in [3.05, 3.63) is 65.7 Å². The maximum absolute atomic E-state index is 12.2. The van der Waals surface area contributed by atoms with Gasteiger partial charge in [-0.2, -0.15) is 0 Å². The van der Waals surface area contributed by atoms with Crippen molar-refractivity contribution in [2.45, 2.75) is 32.6 Å². The fraction of sp³-hybridized carbons (Fsp3) is 0.300. The van der Waals surface area contributed by atoms with Crippen LogP contribution in [0.3, 0.4) is 0 Å². The van der Waals surface area contributed by atoms with Gasteiger partial charge in [0.2, 0.25) is 5.91 Å². The monoisotopic (exact) mass is 340 g/mol. The standard InChI is InChI=1S/C20H24N2O3/c1-3-14(4-2)19(23)21-17-12-10-16(11-13-17)18(20(24)22-25)15-8-6-5-7-9-15/h5-14,18,25H,3-4H2,1-2H3,(H,21,23)(H,22,24). The van der Waals surface area contributed by atoms with Gasteiger partial charge < -0.3 is 5.32 Å². The lowest BCUT2D eigenvalue weighted by atomic mass is 9.90. The van der Waals surface area contributed by atoms with Gasteiger partial charge in [0.15, 0.2) is 0 Å². The number of anilines is 1. The van der Waals surface area contributed by atoms with Gasteiger partial charge in [-0.25, -0.2) is 5.48 Å². The Morgan fingerprint density at radius 2 is 1.44 bits per heavy atom. The molecule has 25 heavy (non-hydrogen) atoms. The van der Waals surface area contributed by atoms with Gasteiger partial charge in [0.1, 0.15) is 0 Å². The summed E-state index contributed by atoms with van der Waals surface area (Å²) >= 11 is 0. The number of hydrogen-bond acceptors (Lipinski definition) is 3. The van der Waals surface area contributed by atoms with Gasteiger partial charge in [0.05, 0.1) is 5.92 Å². The second kappa shape index (κ2) is 8.99. The zero-order valence-electron chi connectivity index (χ0n) is 14.5. The van der Waals surface area contributed by atoms with Crippen LogP contribution >= 0.6 is 0 Å². The zero-order chi connectivity index (χ0) is 18.2. The van der Waals surface area contributed by atoms with Crippen molar-refractivity contribution in [3.63, 3.8) is 0 Å². The van der Waals surface area contributed by atoms with E-state index >= 15 is 0 Å². The fourth-order valence-corrected chi connectivity index (χ4v) is 2.87. The van der Waals surface area contributed by atoms with Crippen molar-refractivity contribution < 1.29 is 14.8 Å². The van der Waals surface area contributed by atoms with Crippen molar-refractivity contribution in [1.82, 2.24) is 5.48 Å². The molecule has 2 aromatic carbocycles. The molecular weight excluding hydrogens is 316 g/mol. The normalized spacial score (nSPS) is 11.8. The van der Waals surface area contributed by atoms with Crippen molar-refractivity contribution in [3.8, 4) is 0 Å². The Morgan fingerprint density at radius 1 is 0.880 bits per heavy atom. The van der Waals surface area contributed by atoms with Gasteiger partial charge in [-0.1, -0.05) is 56.3 Å². The predicted octanol–water partition coefficient (Wildman–Crippen LogP) is 3.70. The van der Waals surface area contributed by atoms with Crippen LogP contribution in [0.1, 0.15) is 43.7 Å². The summed E-state index contributed by atoms with van der Waals surface area (Å²) in [5, 5.41) is 12.0. The minimum Gasteiger partial charge on any atom is -0.326 e. The van der Waals surface area contributed by atoms with E-state index < -0.39 is 11.8 Å². The number of benzene rings is 2. The van der Waals surface area contributed by atoms with E-state index in [9.17, 15) is 9.59 Å². The first-order valence-corrected chi connectivity index (χ1v) is 8.50. The molecule has 0 fully saturated rings. The summed E-state index contributed by atoms with van der Waals surface area (Å²) in [6, 6.07) is 16.4. The van der Waals surface area contributed by atoms with Crippen LogP contribution in [0.2, 0.25) is 0 Å². The number of carbonyl (C=O) groups excluding carboxylic acids is 2. The van der Waals surface area contributed by atoms with Crippen molar-refractivity contribution in [2.75, 3.05) is 5.32 Å². The smallest absolute Gasteiger partial charge is 0.255 e. The van der Waals surface area contributed by atoms with E-state index in [-0.39, 0.29) is 11.8 Å². The topological polar surface area (TPSA) is 78.4 Å². The number of rotatable bonds is 7. The molecule has 1 atom stereocenters. The van der Waals surface area contributed by atoms with Gasteiger partial charge in [-0.05, 0) is 36.1 Å². The Morgan fingerprint density at radius 3 is 1.96 bits per heavy atom. The molecule has 0 aromatic heterocycles. The summed E-state index contributed by atoms with van der Waals surface area (Å²) in [4.78, 5) is 24.3. The average Bonchev–Trinajstić information content (AvgIpc) is 2.65. The van der Waals surface area contributed by atoms with Crippen molar-refractivity contribution in [1.29, 1.82) is 0 Å². The van der Waals surface area contributed by atoms with Gasteiger partial charge in [0.25, 0.3) is 5.91 Å². The maximum atomic E-state index is 12.2. The third kappa shape index (κ3) is 4.67.